The maximum atomic E-state index is 13.3. The molecule has 6 heteroatoms. The van der Waals surface area contributed by atoms with Gasteiger partial charge in [0.15, 0.2) is 16.8 Å². The van der Waals surface area contributed by atoms with Crippen molar-refractivity contribution in [2.24, 2.45) is 5.73 Å². The molecule has 0 fully saturated rings. The summed E-state index contributed by atoms with van der Waals surface area (Å²) in [5.74, 6) is -1.71. The Morgan fingerprint density at radius 1 is 1.18 bits per heavy atom. The van der Waals surface area contributed by atoms with Crippen molar-refractivity contribution in [3.8, 4) is 0 Å². The average Bonchev–Trinajstić information content (AvgIpc) is 2.90. The maximum absolute atomic E-state index is 13.3. The number of hydrogen-bond acceptors (Lipinski definition) is 4. The zero-order chi connectivity index (χ0) is 15.3. The molecule has 1 atom stereocenters. The number of thiazole rings is 1. The van der Waals surface area contributed by atoms with Crippen molar-refractivity contribution in [2.45, 2.75) is 12.6 Å². The van der Waals surface area contributed by atoms with E-state index in [2.05, 4.69) is 9.88 Å². The molecular formula is C16H13F2N3S. The van der Waals surface area contributed by atoms with Gasteiger partial charge in [-0.1, -0.05) is 35.6 Å². The van der Waals surface area contributed by atoms with Crippen molar-refractivity contribution in [3.05, 3.63) is 59.2 Å². The number of fused-ring (bicyclic) bond motifs is 2. The summed E-state index contributed by atoms with van der Waals surface area (Å²) in [6, 6.07) is 10.3. The molecule has 4 rings (SSSR count). The molecule has 3 aromatic rings. The third-order valence-electron chi connectivity index (χ3n) is 3.92. The molecule has 3 nitrogen and oxygen atoms in total. The van der Waals surface area contributed by atoms with Gasteiger partial charge in [-0.2, -0.15) is 0 Å². The van der Waals surface area contributed by atoms with E-state index in [1.54, 1.807) is 0 Å². The van der Waals surface area contributed by atoms with Crippen LogP contribution in [0.2, 0.25) is 0 Å². The lowest BCUT2D eigenvalue weighted by atomic mass is 9.96. The van der Waals surface area contributed by atoms with Crippen LogP contribution in [0.1, 0.15) is 17.2 Å². The highest BCUT2D eigenvalue weighted by Crippen LogP contribution is 2.34. The molecule has 2 N–H and O–H groups in total. The predicted molar refractivity (Wildman–Crippen MR) is 84.0 cm³/mol. The van der Waals surface area contributed by atoms with Gasteiger partial charge in [-0.25, -0.2) is 13.8 Å². The molecule has 2 heterocycles. The van der Waals surface area contributed by atoms with Gasteiger partial charge in [0, 0.05) is 25.2 Å². The first-order valence-electron chi connectivity index (χ1n) is 6.96. The summed E-state index contributed by atoms with van der Waals surface area (Å²) in [4.78, 5) is 6.49. The van der Waals surface area contributed by atoms with Crippen molar-refractivity contribution < 1.29 is 8.78 Å². The molecule has 1 aliphatic heterocycles. The molecule has 0 saturated carbocycles. The van der Waals surface area contributed by atoms with Gasteiger partial charge in [0.25, 0.3) is 0 Å². The molecule has 1 aliphatic rings. The van der Waals surface area contributed by atoms with E-state index in [1.807, 2.05) is 24.3 Å². The Morgan fingerprint density at radius 2 is 1.95 bits per heavy atom. The highest BCUT2D eigenvalue weighted by molar-refractivity contribution is 7.22. The molecule has 0 amide bonds. The van der Waals surface area contributed by atoms with Crippen LogP contribution < -0.4 is 10.6 Å². The van der Waals surface area contributed by atoms with E-state index < -0.39 is 11.6 Å². The van der Waals surface area contributed by atoms with Crippen LogP contribution in [0.3, 0.4) is 0 Å². The number of nitrogens with two attached hydrogens (primary N) is 1. The number of aromatic nitrogens is 1. The highest BCUT2D eigenvalue weighted by Gasteiger charge is 2.24. The van der Waals surface area contributed by atoms with Crippen molar-refractivity contribution in [3.63, 3.8) is 0 Å². The van der Waals surface area contributed by atoms with Crippen LogP contribution in [0.15, 0.2) is 36.4 Å². The zero-order valence-corrected chi connectivity index (χ0v) is 12.4. The van der Waals surface area contributed by atoms with Crippen LogP contribution in [0.5, 0.6) is 0 Å². The first kappa shape index (κ1) is 13.6. The normalized spacial score (nSPS) is 17.8. The summed E-state index contributed by atoms with van der Waals surface area (Å²) in [5, 5.41) is 0.741. The summed E-state index contributed by atoms with van der Waals surface area (Å²) >= 11 is 1.36. The summed E-state index contributed by atoms with van der Waals surface area (Å²) in [5.41, 5.74) is 9.02. The fraction of sp³-hybridized carbons (Fsp3) is 0.188. The third kappa shape index (κ3) is 2.15. The topological polar surface area (TPSA) is 42.1 Å². The fourth-order valence-electron chi connectivity index (χ4n) is 2.84. The lowest BCUT2D eigenvalue weighted by Crippen LogP contribution is -2.37. The summed E-state index contributed by atoms with van der Waals surface area (Å²) in [6.07, 6.45) is 0. The van der Waals surface area contributed by atoms with Gasteiger partial charge in [0.2, 0.25) is 0 Å². The number of halogens is 2. The standard InChI is InChI=1S/C16H13F2N3S/c17-11-5-14-15(6-12(11)18)22-16(20-14)21-7-9-3-1-2-4-10(9)13(19)8-21/h1-6,13H,7-8,19H2. The molecule has 0 aliphatic carbocycles. The Bertz CT molecular complexity index is 823. The molecular weight excluding hydrogens is 304 g/mol. The minimum absolute atomic E-state index is 0.0922. The SMILES string of the molecule is NC1CN(c2nc3cc(F)c(F)cc3s2)Cc2ccccc21. The van der Waals surface area contributed by atoms with Crippen molar-refractivity contribution >= 4 is 26.7 Å². The second kappa shape index (κ2) is 5.00. The molecule has 22 heavy (non-hydrogen) atoms. The lowest BCUT2D eigenvalue weighted by Gasteiger charge is -2.32. The number of benzene rings is 2. The Labute approximate surface area is 130 Å². The monoisotopic (exact) mass is 317 g/mol. The minimum atomic E-state index is -0.870. The number of hydrogen-bond donors (Lipinski definition) is 1. The predicted octanol–water partition coefficient (Wildman–Crippen LogP) is 3.59. The van der Waals surface area contributed by atoms with Crippen LogP contribution in [-0.2, 0) is 6.54 Å². The molecule has 0 spiro atoms. The molecule has 2 aromatic carbocycles. The van der Waals surface area contributed by atoms with Crippen molar-refractivity contribution in [1.82, 2.24) is 4.98 Å². The van der Waals surface area contributed by atoms with E-state index >= 15 is 0 Å². The van der Waals surface area contributed by atoms with E-state index in [1.165, 1.54) is 17.4 Å². The molecule has 1 unspecified atom stereocenters. The second-order valence-electron chi connectivity index (χ2n) is 5.42. The van der Waals surface area contributed by atoms with Gasteiger partial charge >= 0.3 is 0 Å². The molecule has 1 aromatic heterocycles. The zero-order valence-electron chi connectivity index (χ0n) is 11.6. The van der Waals surface area contributed by atoms with Crippen LogP contribution in [-0.4, -0.2) is 11.5 Å². The average molecular weight is 317 g/mol. The van der Waals surface area contributed by atoms with Gasteiger partial charge < -0.3 is 10.6 Å². The van der Waals surface area contributed by atoms with E-state index in [9.17, 15) is 8.78 Å². The Balaban J connectivity index is 1.74. The van der Waals surface area contributed by atoms with Gasteiger partial charge in [0.05, 0.1) is 10.2 Å². The smallest absolute Gasteiger partial charge is 0.186 e. The molecule has 0 radical (unpaired) electrons. The van der Waals surface area contributed by atoms with E-state index in [0.717, 1.165) is 22.3 Å². The summed E-state index contributed by atoms with van der Waals surface area (Å²) < 4.78 is 27.3. The van der Waals surface area contributed by atoms with Gasteiger partial charge in [-0.05, 0) is 17.2 Å². The van der Waals surface area contributed by atoms with Crippen molar-refractivity contribution in [1.29, 1.82) is 0 Å². The fourth-order valence-corrected chi connectivity index (χ4v) is 3.82. The van der Waals surface area contributed by atoms with Gasteiger partial charge in [-0.15, -0.1) is 0 Å². The quantitative estimate of drug-likeness (QED) is 0.746. The Morgan fingerprint density at radius 3 is 2.82 bits per heavy atom. The van der Waals surface area contributed by atoms with Gasteiger partial charge in [0.1, 0.15) is 0 Å². The van der Waals surface area contributed by atoms with E-state index in [4.69, 9.17) is 5.73 Å². The van der Waals surface area contributed by atoms with Gasteiger partial charge in [-0.3, -0.25) is 0 Å². The Hall–Kier alpha value is -2.05. The Kier molecular flexibility index (Phi) is 3.09. The summed E-state index contributed by atoms with van der Waals surface area (Å²) in [7, 11) is 0. The van der Waals surface area contributed by atoms with E-state index in [0.29, 0.717) is 23.3 Å². The van der Waals surface area contributed by atoms with Crippen molar-refractivity contribution in [2.75, 3.05) is 11.4 Å². The minimum Gasteiger partial charge on any atom is -0.342 e. The highest BCUT2D eigenvalue weighted by atomic mass is 32.1. The first-order valence-corrected chi connectivity index (χ1v) is 7.77. The van der Waals surface area contributed by atoms with Crippen LogP contribution >= 0.6 is 11.3 Å². The second-order valence-corrected chi connectivity index (χ2v) is 6.43. The van der Waals surface area contributed by atoms with Crippen LogP contribution in [0.25, 0.3) is 10.2 Å². The molecule has 112 valence electrons. The van der Waals surface area contributed by atoms with E-state index in [-0.39, 0.29) is 6.04 Å². The maximum Gasteiger partial charge on any atom is 0.186 e. The molecule has 0 bridgehead atoms. The number of nitrogens with zero attached hydrogens (tertiary/aromatic N) is 2. The van der Waals surface area contributed by atoms with Crippen LogP contribution in [0.4, 0.5) is 13.9 Å². The number of anilines is 1. The first-order chi connectivity index (χ1) is 10.6. The largest absolute Gasteiger partial charge is 0.342 e. The third-order valence-corrected chi connectivity index (χ3v) is 5.00. The lowest BCUT2D eigenvalue weighted by molar-refractivity contribution is 0.511. The summed E-state index contributed by atoms with van der Waals surface area (Å²) in [6.45, 7) is 1.34. The van der Waals surface area contributed by atoms with Crippen LogP contribution in [0, 0.1) is 11.6 Å². The molecule has 0 saturated heterocycles. The number of rotatable bonds is 1.